The normalized spacial score (nSPS) is 9.43. The molecule has 1 rings (SSSR count). The van der Waals surface area contributed by atoms with Gasteiger partial charge < -0.3 is 0 Å². The molecule has 0 aromatic heterocycles. The Morgan fingerprint density at radius 2 is 2.07 bits per heavy atom. The molecule has 0 aliphatic rings. The minimum Gasteiger partial charge on any atom is -0.294 e. The maximum Gasteiger partial charge on any atom is 0.162 e. The van der Waals surface area contributed by atoms with Gasteiger partial charge in [0.25, 0.3) is 0 Å². The molecular weight excluding hydrogens is 192 g/mol. The fourth-order valence-corrected chi connectivity index (χ4v) is 1.64. The van der Waals surface area contributed by atoms with Crippen LogP contribution in [0.5, 0.6) is 0 Å². The van der Waals surface area contributed by atoms with Gasteiger partial charge in [0.15, 0.2) is 5.78 Å². The lowest BCUT2D eigenvalue weighted by atomic mass is 10.1. The van der Waals surface area contributed by atoms with E-state index in [0.717, 1.165) is 10.5 Å². The summed E-state index contributed by atoms with van der Waals surface area (Å²) in [5.41, 5.74) is 0.776. The molecule has 0 bridgehead atoms. The van der Waals surface area contributed by atoms with E-state index in [-0.39, 0.29) is 5.78 Å². The van der Waals surface area contributed by atoms with Crippen LogP contribution < -0.4 is 0 Å². The van der Waals surface area contributed by atoms with Crippen LogP contribution in [-0.2, 0) is 0 Å². The van der Waals surface area contributed by atoms with Gasteiger partial charge in [-0.05, 0) is 12.1 Å². The summed E-state index contributed by atoms with van der Waals surface area (Å²) >= 11 is 1.60. The van der Waals surface area contributed by atoms with Crippen LogP contribution in [0.25, 0.3) is 0 Å². The van der Waals surface area contributed by atoms with Crippen LogP contribution in [0.1, 0.15) is 23.7 Å². The molecule has 1 aromatic carbocycles. The molecule has 1 aromatic rings. The van der Waals surface area contributed by atoms with E-state index in [4.69, 9.17) is 6.42 Å². The van der Waals surface area contributed by atoms with Crippen molar-refractivity contribution in [3.05, 3.63) is 29.8 Å². The maximum absolute atomic E-state index is 11.3. The summed E-state index contributed by atoms with van der Waals surface area (Å²) < 4.78 is 0. The predicted octanol–water partition coefficient (Wildman–Crippen LogP) is 3.00. The number of thioether (sulfide) groups is 1. The molecule has 1 nitrogen and oxygen atoms in total. The lowest BCUT2D eigenvalue weighted by Crippen LogP contribution is -1.95. The Morgan fingerprint density at radius 3 is 2.57 bits per heavy atom. The summed E-state index contributed by atoms with van der Waals surface area (Å²) in [6.45, 7) is 1.86. The summed E-state index contributed by atoms with van der Waals surface area (Å²) in [7, 11) is 0. The van der Waals surface area contributed by atoms with Crippen molar-refractivity contribution in [2.45, 2.75) is 18.2 Å². The molecule has 0 saturated heterocycles. The van der Waals surface area contributed by atoms with Crippen molar-refractivity contribution >= 4 is 17.5 Å². The van der Waals surface area contributed by atoms with E-state index in [1.807, 2.05) is 31.2 Å². The van der Waals surface area contributed by atoms with E-state index in [9.17, 15) is 4.79 Å². The number of carbonyl (C=O) groups excluding carboxylic acids is 1. The second kappa shape index (κ2) is 5.51. The van der Waals surface area contributed by atoms with Crippen LogP contribution in [0.3, 0.4) is 0 Å². The Kier molecular flexibility index (Phi) is 4.28. The van der Waals surface area contributed by atoms with E-state index in [1.54, 1.807) is 11.8 Å². The molecule has 2 heteroatoms. The number of benzene rings is 1. The second-order valence-corrected chi connectivity index (χ2v) is 3.84. The highest BCUT2D eigenvalue weighted by Crippen LogP contribution is 2.18. The Hall–Kier alpha value is -1.20. The SMILES string of the molecule is C#CCSc1ccc(C(=O)CC)cc1. The summed E-state index contributed by atoms with van der Waals surface area (Å²) in [6, 6.07) is 7.57. The van der Waals surface area contributed by atoms with Gasteiger partial charge >= 0.3 is 0 Å². The van der Waals surface area contributed by atoms with Crippen LogP contribution in [-0.4, -0.2) is 11.5 Å². The molecule has 0 aliphatic heterocycles. The van der Waals surface area contributed by atoms with Gasteiger partial charge in [0, 0.05) is 16.9 Å². The molecule has 0 N–H and O–H groups in total. The number of ketones is 1. The molecule has 0 atom stereocenters. The van der Waals surface area contributed by atoms with Crippen molar-refractivity contribution in [2.75, 3.05) is 5.75 Å². The molecule has 0 radical (unpaired) electrons. The summed E-state index contributed by atoms with van der Waals surface area (Å²) in [6.07, 6.45) is 5.70. The van der Waals surface area contributed by atoms with E-state index in [0.29, 0.717) is 12.2 Å². The topological polar surface area (TPSA) is 17.1 Å². The van der Waals surface area contributed by atoms with Gasteiger partial charge in [-0.15, -0.1) is 18.2 Å². The zero-order chi connectivity index (χ0) is 10.4. The number of hydrogen-bond acceptors (Lipinski definition) is 2. The van der Waals surface area contributed by atoms with Crippen molar-refractivity contribution in [3.63, 3.8) is 0 Å². The maximum atomic E-state index is 11.3. The molecule has 0 amide bonds. The van der Waals surface area contributed by atoms with E-state index >= 15 is 0 Å². The quantitative estimate of drug-likeness (QED) is 0.426. The Morgan fingerprint density at radius 1 is 1.43 bits per heavy atom. The minimum atomic E-state index is 0.179. The summed E-state index contributed by atoms with van der Waals surface area (Å²) in [4.78, 5) is 12.4. The molecule has 72 valence electrons. The van der Waals surface area contributed by atoms with E-state index in [1.165, 1.54) is 0 Å². The first-order chi connectivity index (χ1) is 6.77. The number of Topliss-reactive ketones (excluding diaryl/α,β-unsaturated/α-hetero) is 1. The zero-order valence-electron chi connectivity index (χ0n) is 8.12. The molecule has 0 heterocycles. The first kappa shape index (κ1) is 10.9. The number of hydrogen-bond donors (Lipinski definition) is 0. The average molecular weight is 204 g/mol. The van der Waals surface area contributed by atoms with Gasteiger partial charge in [0.05, 0.1) is 5.75 Å². The number of terminal acetylenes is 1. The predicted molar refractivity (Wildman–Crippen MR) is 60.6 cm³/mol. The van der Waals surface area contributed by atoms with Gasteiger partial charge in [0.1, 0.15) is 0 Å². The number of rotatable bonds is 4. The Balaban J connectivity index is 2.69. The molecular formula is C12H12OS. The highest BCUT2D eigenvalue weighted by molar-refractivity contribution is 7.99. The Bertz CT molecular complexity index is 346. The van der Waals surface area contributed by atoms with Gasteiger partial charge in [-0.2, -0.15) is 0 Å². The van der Waals surface area contributed by atoms with E-state index < -0.39 is 0 Å². The first-order valence-corrected chi connectivity index (χ1v) is 5.46. The monoisotopic (exact) mass is 204 g/mol. The van der Waals surface area contributed by atoms with Crippen LogP contribution in [0, 0.1) is 12.3 Å². The smallest absolute Gasteiger partial charge is 0.162 e. The largest absolute Gasteiger partial charge is 0.294 e. The van der Waals surface area contributed by atoms with Gasteiger partial charge in [-0.25, -0.2) is 0 Å². The molecule has 0 fully saturated rings. The highest BCUT2D eigenvalue weighted by Gasteiger charge is 2.01. The summed E-state index contributed by atoms with van der Waals surface area (Å²) in [5, 5.41) is 0. The van der Waals surface area contributed by atoms with Crippen LogP contribution in [0.4, 0.5) is 0 Å². The van der Waals surface area contributed by atoms with Crippen molar-refractivity contribution in [1.29, 1.82) is 0 Å². The minimum absolute atomic E-state index is 0.179. The molecule has 0 aliphatic carbocycles. The lowest BCUT2D eigenvalue weighted by Gasteiger charge is -2.00. The Labute approximate surface area is 88.9 Å². The van der Waals surface area contributed by atoms with Crippen molar-refractivity contribution < 1.29 is 4.79 Å². The first-order valence-electron chi connectivity index (χ1n) is 4.47. The molecule has 0 unspecified atom stereocenters. The second-order valence-electron chi connectivity index (χ2n) is 2.79. The van der Waals surface area contributed by atoms with Crippen molar-refractivity contribution in [1.82, 2.24) is 0 Å². The third-order valence-corrected chi connectivity index (χ3v) is 2.74. The van der Waals surface area contributed by atoms with Gasteiger partial charge in [-0.3, -0.25) is 4.79 Å². The average Bonchev–Trinajstić information content (AvgIpc) is 2.26. The zero-order valence-corrected chi connectivity index (χ0v) is 8.93. The van der Waals surface area contributed by atoms with Crippen molar-refractivity contribution in [3.8, 4) is 12.3 Å². The van der Waals surface area contributed by atoms with Crippen LogP contribution >= 0.6 is 11.8 Å². The third-order valence-electron chi connectivity index (χ3n) is 1.82. The fraction of sp³-hybridized carbons (Fsp3) is 0.250. The van der Waals surface area contributed by atoms with Crippen LogP contribution in [0.2, 0.25) is 0 Å². The third kappa shape index (κ3) is 2.93. The van der Waals surface area contributed by atoms with Crippen LogP contribution in [0.15, 0.2) is 29.2 Å². The van der Waals surface area contributed by atoms with Gasteiger partial charge in [0.2, 0.25) is 0 Å². The molecule has 0 saturated carbocycles. The highest BCUT2D eigenvalue weighted by atomic mass is 32.2. The number of carbonyl (C=O) groups is 1. The fourth-order valence-electron chi connectivity index (χ4n) is 1.07. The lowest BCUT2D eigenvalue weighted by molar-refractivity contribution is 0.0988. The van der Waals surface area contributed by atoms with Crippen molar-refractivity contribution in [2.24, 2.45) is 0 Å². The van der Waals surface area contributed by atoms with E-state index in [2.05, 4.69) is 5.92 Å². The molecule has 0 spiro atoms. The summed E-state index contributed by atoms with van der Waals surface area (Å²) in [5.74, 6) is 3.41. The molecule has 14 heavy (non-hydrogen) atoms. The standard InChI is InChI=1S/C12H12OS/c1-3-9-14-11-7-5-10(6-8-11)12(13)4-2/h1,5-8H,4,9H2,2H3. The van der Waals surface area contributed by atoms with Gasteiger partial charge in [-0.1, -0.05) is 25.0 Å².